The van der Waals surface area contributed by atoms with Crippen molar-refractivity contribution in [2.45, 2.75) is 6.92 Å². The summed E-state index contributed by atoms with van der Waals surface area (Å²) in [5, 5.41) is 2.94. The second kappa shape index (κ2) is 5.40. The van der Waals surface area contributed by atoms with Crippen molar-refractivity contribution in [2.75, 3.05) is 43.5 Å². The number of anilines is 2. The topological polar surface area (TPSA) is 35.6 Å². The SMILES string of the molecule is CNCC(=O)N1C[C@@H](C)CN(C)c2ccccc21. The molecule has 0 spiro atoms. The molecule has 1 aliphatic heterocycles. The van der Waals surface area contributed by atoms with Crippen molar-refractivity contribution < 1.29 is 4.79 Å². The number of carbonyl (C=O) groups is 1. The smallest absolute Gasteiger partial charge is 0.241 e. The van der Waals surface area contributed by atoms with Crippen LogP contribution in [-0.2, 0) is 4.79 Å². The summed E-state index contributed by atoms with van der Waals surface area (Å²) in [6.45, 7) is 4.31. The molecule has 0 aromatic heterocycles. The molecule has 4 nitrogen and oxygen atoms in total. The summed E-state index contributed by atoms with van der Waals surface area (Å²) >= 11 is 0. The van der Waals surface area contributed by atoms with Crippen LogP contribution in [0.25, 0.3) is 0 Å². The quantitative estimate of drug-likeness (QED) is 0.856. The van der Waals surface area contributed by atoms with E-state index < -0.39 is 0 Å². The molecule has 1 N–H and O–H groups in total. The van der Waals surface area contributed by atoms with E-state index in [2.05, 4.69) is 30.3 Å². The van der Waals surface area contributed by atoms with Crippen LogP contribution in [0.3, 0.4) is 0 Å². The van der Waals surface area contributed by atoms with Gasteiger partial charge >= 0.3 is 0 Å². The molecule has 1 aliphatic rings. The largest absolute Gasteiger partial charge is 0.373 e. The first-order valence-electron chi connectivity index (χ1n) is 6.38. The van der Waals surface area contributed by atoms with Gasteiger partial charge in [-0.1, -0.05) is 19.1 Å². The monoisotopic (exact) mass is 247 g/mol. The molecule has 0 unspecified atom stereocenters. The number of hydrogen-bond donors (Lipinski definition) is 1. The standard InChI is InChI=1S/C14H21N3O/c1-11-9-16(3)12-6-4-5-7-13(12)17(10-11)14(18)8-15-2/h4-7,11,15H,8-10H2,1-3H3/t11-/m0/s1. The van der Waals surface area contributed by atoms with E-state index in [1.807, 2.05) is 23.1 Å². The summed E-state index contributed by atoms with van der Waals surface area (Å²) < 4.78 is 0. The number of amides is 1. The molecular weight excluding hydrogens is 226 g/mol. The second-order valence-electron chi connectivity index (χ2n) is 5.01. The predicted molar refractivity (Wildman–Crippen MR) is 75.2 cm³/mol. The van der Waals surface area contributed by atoms with Crippen LogP contribution in [0.2, 0.25) is 0 Å². The molecule has 0 saturated heterocycles. The van der Waals surface area contributed by atoms with E-state index in [-0.39, 0.29) is 5.91 Å². The van der Waals surface area contributed by atoms with Crippen molar-refractivity contribution in [1.29, 1.82) is 0 Å². The van der Waals surface area contributed by atoms with Gasteiger partial charge in [0.25, 0.3) is 0 Å². The predicted octanol–water partition coefficient (Wildman–Crippen LogP) is 1.32. The maximum Gasteiger partial charge on any atom is 0.241 e. The van der Waals surface area contributed by atoms with Crippen LogP contribution in [0.4, 0.5) is 11.4 Å². The Morgan fingerprint density at radius 3 is 2.67 bits per heavy atom. The first-order valence-corrected chi connectivity index (χ1v) is 6.38. The Morgan fingerprint density at radius 2 is 2.00 bits per heavy atom. The number of rotatable bonds is 2. The molecule has 1 amide bonds. The van der Waals surface area contributed by atoms with Crippen LogP contribution >= 0.6 is 0 Å². The number of likely N-dealkylation sites (N-methyl/N-ethyl adjacent to an activating group) is 1. The zero-order chi connectivity index (χ0) is 13.1. The third-order valence-corrected chi connectivity index (χ3v) is 3.29. The Labute approximate surface area is 109 Å². The van der Waals surface area contributed by atoms with Gasteiger partial charge in [0, 0.05) is 20.1 Å². The van der Waals surface area contributed by atoms with Crippen LogP contribution < -0.4 is 15.1 Å². The van der Waals surface area contributed by atoms with E-state index in [4.69, 9.17) is 0 Å². The average molecular weight is 247 g/mol. The van der Waals surface area contributed by atoms with E-state index in [1.165, 1.54) is 0 Å². The lowest BCUT2D eigenvalue weighted by molar-refractivity contribution is -0.117. The molecule has 1 atom stereocenters. The second-order valence-corrected chi connectivity index (χ2v) is 5.01. The van der Waals surface area contributed by atoms with Gasteiger partial charge in [-0.25, -0.2) is 0 Å². The normalized spacial score (nSPS) is 19.4. The van der Waals surface area contributed by atoms with E-state index in [1.54, 1.807) is 7.05 Å². The molecule has 18 heavy (non-hydrogen) atoms. The number of nitrogens with zero attached hydrogens (tertiary/aromatic N) is 2. The number of carbonyl (C=O) groups excluding carboxylic acids is 1. The fraction of sp³-hybridized carbons (Fsp3) is 0.500. The van der Waals surface area contributed by atoms with Gasteiger partial charge in [0.05, 0.1) is 17.9 Å². The maximum atomic E-state index is 12.2. The lowest BCUT2D eigenvalue weighted by Crippen LogP contribution is -2.39. The molecule has 0 fully saturated rings. The fourth-order valence-corrected chi connectivity index (χ4v) is 2.53. The summed E-state index contributed by atoms with van der Waals surface area (Å²) in [4.78, 5) is 16.3. The fourth-order valence-electron chi connectivity index (χ4n) is 2.53. The highest BCUT2D eigenvalue weighted by Crippen LogP contribution is 2.32. The summed E-state index contributed by atoms with van der Waals surface area (Å²) in [7, 11) is 3.89. The van der Waals surface area contributed by atoms with Gasteiger partial charge in [0.2, 0.25) is 5.91 Å². The van der Waals surface area contributed by atoms with Crippen LogP contribution in [0, 0.1) is 5.92 Å². The number of fused-ring (bicyclic) bond motifs is 1. The van der Waals surface area contributed by atoms with E-state index >= 15 is 0 Å². The van der Waals surface area contributed by atoms with E-state index in [9.17, 15) is 4.79 Å². The molecule has 0 saturated carbocycles. The Kier molecular flexibility index (Phi) is 3.87. The Hall–Kier alpha value is -1.55. The third kappa shape index (κ3) is 2.48. The molecule has 98 valence electrons. The molecule has 1 aromatic rings. The minimum atomic E-state index is 0.132. The highest BCUT2D eigenvalue weighted by Gasteiger charge is 2.25. The summed E-state index contributed by atoms with van der Waals surface area (Å²) in [5.74, 6) is 0.593. The van der Waals surface area contributed by atoms with Crippen molar-refractivity contribution in [3.05, 3.63) is 24.3 Å². The lowest BCUT2D eigenvalue weighted by atomic mass is 10.1. The van der Waals surface area contributed by atoms with Gasteiger partial charge in [-0.05, 0) is 25.1 Å². The molecule has 0 radical (unpaired) electrons. The highest BCUT2D eigenvalue weighted by molar-refractivity contribution is 5.98. The minimum absolute atomic E-state index is 0.132. The first-order chi connectivity index (χ1) is 8.63. The van der Waals surface area contributed by atoms with Crippen LogP contribution in [0.5, 0.6) is 0 Å². The molecule has 1 heterocycles. The van der Waals surface area contributed by atoms with Crippen molar-refractivity contribution in [3.63, 3.8) is 0 Å². The van der Waals surface area contributed by atoms with Gasteiger partial charge in [0.1, 0.15) is 0 Å². The van der Waals surface area contributed by atoms with Crippen LogP contribution in [0.15, 0.2) is 24.3 Å². The molecule has 1 aromatic carbocycles. The van der Waals surface area contributed by atoms with Gasteiger partial charge in [-0.15, -0.1) is 0 Å². The summed E-state index contributed by atoms with van der Waals surface area (Å²) in [6, 6.07) is 8.11. The summed E-state index contributed by atoms with van der Waals surface area (Å²) in [5.41, 5.74) is 2.15. The minimum Gasteiger partial charge on any atom is -0.373 e. The maximum absolute atomic E-state index is 12.2. The zero-order valence-corrected chi connectivity index (χ0v) is 11.3. The van der Waals surface area contributed by atoms with Crippen LogP contribution in [0.1, 0.15) is 6.92 Å². The Morgan fingerprint density at radius 1 is 1.33 bits per heavy atom. The van der Waals surface area contributed by atoms with Crippen LogP contribution in [-0.4, -0.2) is 39.6 Å². The third-order valence-electron chi connectivity index (χ3n) is 3.29. The van der Waals surface area contributed by atoms with Crippen molar-refractivity contribution in [2.24, 2.45) is 5.92 Å². The molecule has 2 rings (SSSR count). The van der Waals surface area contributed by atoms with Gasteiger partial charge in [0.15, 0.2) is 0 Å². The Balaban J connectivity index is 2.39. The van der Waals surface area contributed by atoms with Crippen molar-refractivity contribution >= 4 is 17.3 Å². The van der Waals surface area contributed by atoms with Gasteiger partial charge < -0.3 is 15.1 Å². The number of hydrogen-bond acceptors (Lipinski definition) is 3. The van der Waals surface area contributed by atoms with Crippen molar-refractivity contribution in [3.8, 4) is 0 Å². The lowest BCUT2D eigenvalue weighted by Gasteiger charge is -2.24. The Bertz CT molecular complexity index is 433. The molecule has 0 aliphatic carbocycles. The van der Waals surface area contributed by atoms with E-state index in [0.29, 0.717) is 12.5 Å². The molecule has 0 bridgehead atoms. The molecule has 4 heteroatoms. The highest BCUT2D eigenvalue weighted by atomic mass is 16.2. The zero-order valence-electron chi connectivity index (χ0n) is 11.3. The van der Waals surface area contributed by atoms with Gasteiger partial charge in [-0.2, -0.15) is 0 Å². The van der Waals surface area contributed by atoms with Crippen molar-refractivity contribution in [1.82, 2.24) is 5.32 Å². The summed E-state index contributed by atoms with van der Waals surface area (Å²) in [6.07, 6.45) is 0. The number of para-hydroxylation sites is 2. The number of benzene rings is 1. The average Bonchev–Trinajstić information content (AvgIpc) is 2.47. The first kappa shape index (κ1) is 12.9. The van der Waals surface area contributed by atoms with Gasteiger partial charge in [-0.3, -0.25) is 4.79 Å². The number of nitrogens with one attached hydrogen (secondary N) is 1. The van der Waals surface area contributed by atoms with E-state index in [0.717, 1.165) is 24.5 Å². The molecular formula is C14H21N3O.